The molecule has 0 N–H and O–H groups in total. The lowest BCUT2D eigenvalue weighted by molar-refractivity contribution is -0.167. The quantitative estimate of drug-likeness (QED) is 0.0357. The zero-order valence-electron chi connectivity index (χ0n) is 34.7. The molecule has 51 heavy (non-hydrogen) atoms. The first-order valence-electron chi connectivity index (χ1n) is 22.3. The van der Waals surface area contributed by atoms with Gasteiger partial charge in [0.25, 0.3) is 0 Å². The summed E-state index contributed by atoms with van der Waals surface area (Å²) in [5.41, 5.74) is 0. The molecular formula is C45H86O6. The Morgan fingerprint density at radius 3 is 1.12 bits per heavy atom. The van der Waals surface area contributed by atoms with E-state index in [0.29, 0.717) is 19.3 Å². The first-order valence-corrected chi connectivity index (χ1v) is 22.3. The van der Waals surface area contributed by atoms with Crippen LogP contribution in [0.5, 0.6) is 0 Å². The van der Waals surface area contributed by atoms with Crippen molar-refractivity contribution in [3.05, 3.63) is 0 Å². The molecule has 0 aliphatic rings. The van der Waals surface area contributed by atoms with E-state index < -0.39 is 6.10 Å². The van der Waals surface area contributed by atoms with E-state index >= 15 is 0 Å². The van der Waals surface area contributed by atoms with Crippen LogP contribution in [-0.2, 0) is 28.6 Å². The number of carbonyl (C=O) groups excluding carboxylic acids is 3. The Hall–Kier alpha value is -1.59. The molecule has 0 fully saturated rings. The fraction of sp³-hybridized carbons (Fsp3) is 0.933. The third-order valence-corrected chi connectivity index (χ3v) is 10.3. The molecule has 0 saturated heterocycles. The predicted octanol–water partition coefficient (Wildman–Crippen LogP) is 13.8. The number of esters is 3. The van der Waals surface area contributed by atoms with Gasteiger partial charge in [-0.2, -0.15) is 0 Å². The van der Waals surface area contributed by atoms with Crippen LogP contribution in [0.4, 0.5) is 0 Å². The van der Waals surface area contributed by atoms with Crippen molar-refractivity contribution >= 4 is 17.9 Å². The third kappa shape index (κ3) is 38.0. The van der Waals surface area contributed by atoms with E-state index in [-0.39, 0.29) is 31.1 Å². The maximum absolute atomic E-state index is 12.6. The van der Waals surface area contributed by atoms with Crippen molar-refractivity contribution in [1.82, 2.24) is 0 Å². The first-order chi connectivity index (χ1) is 24.8. The van der Waals surface area contributed by atoms with Gasteiger partial charge in [-0.05, 0) is 31.1 Å². The van der Waals surface area contributed by atoms with Gasteiger partial charge in [0.2, 0.25) is 0 Å². The van der Waals surface area contributed by atoms with E-state index in [2.05, 4.69) is 34.6 Å². The van der Waals surface area contributed by atoms with Gasteiger partial charge in [0, 0.05) is 19.3 Å². The molecule has 2 atom stereocenters. The Bertz CT molecular complexity index is 781. The average molecular weight is 723 g/mol. The van der Waals surface area contributed by atoms with Crippen LogP contribution >= 0.6 is 0 Å². The smallest absolute Gasteiger partial charge is 0.306 e. The summed E-state index contributed by atoms with van der Waals surface area (Å²) in [5.74, 6) is 0.786. The SMILES string of the molecule is CCCCCCCCCC(=O)O[C@H](COC(=O)CCCCCCCCCCCCCCCC(C)C)COC(=O)CCCCCCCCC(C)CC. The zero-order chi connectivity index (χ0) is 37.6. The molecule has 6 heteroatoms. The molecule has 0 aromatic heterocycles. The molecule has 0 aromatic carbocycles. The van der Waals surface area contributed by atoms with Crippen molar-refractivity contribution in [2.75, 3.05) is 13.2 Å². The highest BCUT2D eigenvalue weighted by molar-refractivity contribution is 5.71. The van der Waals surface area contributed by atoms with E-state index in [4.69, 9.17) is 14.2 Å². The van der Waals surface area contributed by atoms with Gasteiger partial charge in [-0.1, -0.05) is 202 Å². The van der Waals surface area contributed by atoms with Gasteiger partial charge >= 0.3 is 17.9 Å². The Balaban J connectivity index is 4.22. The minimum Gasteiger partial charge on any atom is -0.462 e. The molecule has 0 spiro atoms. The summed E-state index contributed by atoms with van der Waals surface area (Å²) in [6, 6.07) is 0. The number of carbonyl (C=O) groups is 3. The van der Waals surface area contributed by atoms with Gasteiger partial charge in [0.05, 0.1) is 0 Å². The maximum atomic E-state index is 12.6. The zero-order valence-corrected chi connectivity index (χ0v) is 34.7. The summed E-state index contributed by atoms with van der Waals surface area (Å²) in [6.45, 7) is 11.3. The maximum Gasteiger partial charge on any atom is 0.306 e. The summed E-state index contributed by atoms with van der Waals surface area (Å²) >= 11 is 0. The fourth-order valence-electron chi connectivity index (χ4n) is 6.54. The molecular weight excluding hydrogens is 636 g/mol. The molecule has 6 nitrogen and oxygen atoms in total. The lowest BCUT2D eigenvalue weighted by atomic mass is 10.00. The predicted molar refractivity (Wildman–Crippen MR) is 215 cm³/mol. The lowest BCUT2D eigenvalue weighted by Gasteiger charge is -2.18. The molecule has 0 aliphatic heterocycles. The molecule has 0 aromatic rings. The molecule has 0 aliphatic carbocycles. The fourth-order valence-corrected chi connectivity index (χ4v) is 6.54. The van der Waals surface area contributed by atoms with E-state index in [1.165, 1.54) is 128 Å². The minimum absolute atomic E-state index is 0.0660. The molecule has 0 heterocycles. The summed E-state index contributed by atoms with van der Waals surface area (Å²) in [7, 11) is 0. The Labute approximate surface area is 317 Å². The van der Waals surface area contributed by atoms with Gasteiger partial charge in [0.15, 0.2) is 6.10 Å². The second-order valence-corrected chi connectivity index (χ2v) is 16.1. The third-order valence-electron chi connectivity index (χ3n) is 10.3. The standard InChI is InChI=1S/C45H86O6/c1-6-8-9-10-18-27-32-37-45(48)51-42(39-50-44(47)36-31-26-22-21-24-29-34-41(5)7-2)38-49-43(46)35-30-25-20-17-15-13-11-12-14-16-19-23-28-33-40(3)4/h40-42H,6-39H2,1-5H3/t41?,42-/m1/s1. The largest absolute Gasteiger partial charge is 0.462 e. The average Bonchev–Trinajstić information content (AvgIpc) is 3.11. The summed E-state index contributed by atoms with van der Waals surface area (Å²) in [6.07, 6.45) is 35.3. The van der Waals surface area contributed by atoms with Crippen LogP contribution in [0, 0.1) is 11.8 Å². The van der Waals surface area contributed by atoms with E-state index in [0.717, 1.165) is 69.6 Å². The van der Waals surface area contributed by atoms with Crippen molar-refractivity contribution in [2.24, 2.45) is 11.8 Å². The first kappa shape index (κ1) is 49.4. The van der Waals surface area contributed by atoms with Crippen LogP contribution in [0.2, 0.25) is 0 Å². The van der Waals surface area contributed by atoms with E-state index in [1.807, 2.05) is 0 Å². The number of hydrogen-bond acceptors (Lipinski definition) is 6. The monoisotopic (exact) mass is 723 g/mol. The van der Waals surface area contributed by atoms with Crippen LogP contribution in [-0.4, -0.2) is 37.2 Å². The molecule has 0 rings (SSSR count). The Kier molecular flexibility index (Phi) is 37.0. The van der Waals surface area contributed by atoms with Crippen LogP contribution in [0.1, 0.15) is 240 Å². The van der Waals surface area contributed by atoms with Crippen molar-refractivity contribution in [2.45, 2.75) is 246 Å². The summed E-state index contributed by atoms with van der Waals surface area (Å²) in [4.78, 5) is 37.5. The molecule has 0 saturated carbocycles. The van der Waals surface area contributed by atoms with Crippen LogP contribution in [0.15, 0.2) is 0 Å². The molecule has 0 radical (unpaired) electrons. The molecule has 302 valence electrons. The summed E-state index contributed by atoms with van der Waals surface area (Å²) < 4.78 is 16.6. The minimum atomic E-state index is -0.759. The van der Waals surface area contributed by atoms with Gasteiger partial charge in [0.1, 0.15) is 13.2 Å². The van der Waals surface area contributed by atoms with Crippen molar-refractivity contribution in [1.29, 1.82) is 0 Å². The number of unbranched alkanes of at least 4 members (excludes halogenated alkanes) is 23. The molecule has 0 amide bonds. The van der Waals surface area contributed by atoms with Crippen molar-refractivity contribution < 1.29 is 28.6 Å². The van der Waals surface area contributed by atoms with Crippen LogP contribution < -0.4 is 0 Å². The van der Waals surface area contributed by atoms with Gasteiger partial charge in [-0.25, -0.2) is 0 Å². The topological polar surface area (TPSA) is 78.9 Å². The van der Waals surface area contributed by atoms with Crippen LogP contribution in [0.3, 0.4) is 0 Å². The van der Waals surface area contributed by atoms with Gasteiger partial charge in [-0.3, -0.25) is 14.4 Å². The van der Waals surface area contributed by atoms with E-state index in [9.17, 15) is 14.4 Å². The van der Waals surface area contributed by atoms with Gasteiger partial charge < -0.3 is 14.2 Å². The normalized spacial score (nSPS) is 12.6. The second-order valence-electron chi connectivity index (χ2n) is 16.1. The lowest BCUT2D eigenvalue weighted by Crippen LogP contribution is -2.30. The number of rotatable bonds is 39. The highest BCUT2D eigenvalue weighted by Crippen LogP contribution is 2.17. The highest BCUT2D eigenvalue weighted by atomic mass is 16.6. The highest BCUT2D eigenvalue weighted by Gasteiger charge is 2.19. The second kappa shape index (κ2) is 38.1. The number of hydrogen-bond donors (Lipinski definition) is 0. The molecule has 1 unspecified atom stereocenters. The molecule has 0 bridgehead atoms. The Morgan fingerprint density at radius 2 is 0.745 bits per heavy atom. The number of ether oxygens (including phenoxy) is 3. The van der Waals surface area contributed by atoms with Crippen molar-refractivity contribution in [3.8, 4) is 0 Å². The summed E-state index contributed by atoms with van der Waals surface area (Å²) in [5, 5.41) is 0. The van der Waals surface area contributed by atoms with Crippen LogP contribution in [0.25, 0.3) is 0 Å². The Morgan fingerprint density at radius 1 is 0.412 bits per heavy atom. The van der Waals surface area contributed by atoms with Gasteiger partial charge in [-0.15, -0.1) is 0 Å². The van der Waals surface area contributed by atoms with Crippen molar-refractivity contribution in [3.63, 3.8) is 0 Å². The van der Waals surface area contributed by atoms with E-state index in [1.54, 1.807) is 0 Å².